The van der Waals surface area contributed by atoms with E-state index in [0.29, 0.717) is 0 Å². The molecule has 1 nitrogen and oxygen atoms in total. The van der Waals surface area contributed by atoms with Crippen LogP contribution in [-0.4, -0.2) is 0 Å². The second-order valence-electron chi connectivity index (χ2n) is 15.5. The molecule has 6 rings (SSSR count). The molecular formula is C50H61N. The molecule has 0 unspecified atom stereocenters. The maximum absolute atomic E-state index is 2.59. The lowest BCUT2D eigenvalue weighted by Crippen LogP contribution is -2.25. The van der Waals surface area contributed by atoms with Crippen LogP contribution in [0.3, 0.4) is 0 Å². The van der Waals surface area contributed by atoms with E-state index in [1.165, 1.54) is 146 Å². The van der Waals surface area contributed by atoms with Crippen molar-refractivity contribution >= 4 is 17.1 Å². The van der Waals surface area contributed by atoms with Gasteiger partial charge in [0.2, 0.25) is 0 Å². The van der Waals surface area contributed by atoms with Crippen molar-refractivity contribution in [3.05, 3.63) is 137 Å². The first-order valence-corrected chi connectivity index (χ1v) is 20.2. The smallest absolute Gasteiger partial charge is 0.0462 e. The standard InChI is InChI=1S/C50H61N/c1-6-8-10-12-14-16-34-50(35-17-15-13-11-9-7-2)48-36-40(5)22-32-46(48)47-33-25-42(37-49(47)50)41-23-30-45(31-24-41)51(43-26-18-38(3)19-27-43)44-28-20-39(4)21-29-44/h18-33,36-37H,6-17,34-35H2,1-5H3. The Kier molecular flexibility index (Phi) is 12.5. The van der Waals surface area contributed by atoms with Crippen LogP contribution in [-0.2, 0) is 5.41 Å². The number of aryl methyl sites for hydroxylation is 3. The van der Waals surface area contributed by atoms with Gasteiger partial charge in [-0.05, 0) is 109 Å². The number of anilines is 3. The molecule has 0 aliphatic heterocycles. The number of benzene rings is 5. The molecule has 51 heavy (non-hydrogen) atoms. The van der Waals surface area contributed by atoms with E-state index in [9.17, 15) is 0 Å². The summed E-state index contributed by atoms with van der Waals surface area (Å²) in [4.78, 5) is 2.37. The molecular weight excluding hydrogens is 615 g/mol. The van der Waals surface area contributed by atoms with E-state index >= 15 is 0 Å². The molecule has 5 aromatic rings. The fraction of sp³-hybridized carbons (Fsp3) is 0.400. The van der Waals surface area contributed by atoms with Crippen molar-refractivity contribution in [2.45, 2.75) is 130 Å². The molecule has 1 aliphatic carbocycles. The van der Waals surface area contributed by atoms with Gasteiger partial charge in [0.05, 0.1) is 0 Å². The van der Waals surface area contributed by atoms with Crippen molar-refractivity contribution in [3.63, 3.8) is 0 Å². The van der Waals surface area contributed by atoms with E-state index in [0.717, 1.165) is 0 Å². The number of unbranched alkanes of at least 4 members (excludes halogenated alkanes) is 10. The van der Waals surface area contributed by atoms with E-state index in [2.05, 4.69) is 149 Å². The fourth-order valence-corrected chi connectivity index (χ4v) is 8.50. The monoisotopic (exact) mass is 675 g/mol. The van der Waals surface area contributed by atoms with E-state index in [1.807, 2.05) is 0 Å². The quantitative estimate of drug-likeness (QED) is 0.0836. The van der Waals surface area contributed by atoms with Crippen molar-refractivity contribution in [1.82, 2.24) is 0 Å². The summed E-state index contributed by atoms with van der Waals surface area (Å²) in [6.07, 6.45) is 18.6. The summed E-state index contributed by atoms with van der Waals surface area (Å²) in [5.74, 6) is 0. The van der Waals surface area contributed by atoms with Crippen LogP contribution < -0.4 is 4.90 Å². The van der Waals surface area contributed by atoms with Gasteiger partial charge in [-0.1, -0.05) is 174 Å². The maximum Gasteiger partial charge on any atom is 0.0462 e. The molecule has 0 radical (unpaired) electrons. The Bertz CT molecular complexity index is 1770. The molecule has 5 aromatic carbocycles. The zero-order valence-corrected chi connectivity index (χ0v) is 32.2. The summed E-state index contributed by atoms with van der Waals surface area (Å²) < 4.78 is 0. The maximum atomic E-state index is 2.59. The third kappa shape index (κ3) is 8.52. The molecule has 0 aromatic heterocycles. The molecule has 0 saturated carbocycles. The second-order valence-corrected chi connectivity index (χ2v) is 15.5. The molecule has 0 saturated heterocycles. The van der Waals surface area contributed by atoms with Crippen molar-refractivity contribution in [2.75, 3.05) is 4.90 Å². The number of rotatable bonds is 18. The van der Waals surface area contributed by atoms with E-state index < -0.39 is 0 Å². The first-order valence-electron chi connectivity index (χ1n) is 20.2. The minimum Gasteiger partial charge on any atom is -0.311 e. The van der Waals surface area contributed by atoms with Crippen LogP contribution in [0, 0.1) is 20.8 Å². The molecule has 0 atom stereocenters. The highest BCUT2D eigenvalue weighted by molar-refractivity contribution is 5.85. The SMILES string of the molecule is CCCCCCCCC1(CCCCCCCC)c2cc(C)ccc2-c2ccc(-c3ccc(N(c4ccc(C)cc4)c4ccc(C)cc4)cc3)cc21. The first kappa shape index (κ1) is 36.7. The summed E-state index contributed by atoms with van der Waals surface area (Å²) in [5, 5.41) is 0. The number of hydrogen-bond acceptors (Lipinski definition) is 1. The average Bonchev–Trinajstić information content (AvgIpc) is 3.41. The normalized spacial score (nSPS) is 12.9. The fourth-order valence-electron chi connectivity index (χ4n) is 8.50. The topological polar surface area (TPSA) is 3.24 Å². The van der Waals surface area contributed by atoms with E-state index in [-0.39, 0.29) is 5.41 Å². The van der Waals surface area contributed by atoms with Gasteiger partial charge in [-0.3, -0.25) is 0 Å². The third-order valence-electron chi connectivity index (χ3n) is 11.5. The lowest BCUT2D eigenvalue weighted by molar-refractivity contribution is 0.398. The van der Waals surface area contributed by atoms with Gasteiger partial charge in [0.15, 0.2) is 0 Å². The first-order chi connectivity index (χ1) is 24.9. The summed E-state index contributed by atoms with van der Waals surface area (Å²) in [6, 6.07) is 41.7. The lowest BCUT2D eigenvalue weighted by atomic mass is 9.70. The minimum absolute atomic E-state index is 0.0931. The Morgan fingerprint density at radius 1 is 0.392 bits per heavy atom. The van der Waals surface area contributed by atoms with Crippen LogP contribution >= 0.6 is 0 Å². The average molecular weight is 676 g/mol. The molecule has 0 fully saturated rings. The highest BCUT2D eigenvalue weighted by Gasteiger charge is 2.42. The lowest BCUT2D eigenvalue weighted by Gasteiger charge is -2.33. The Morgan fingerprint density at radius 2 is 0.784 bits per heavy atom. The van der Waals surface area contributed by atoms with Crippen molar-refractivity contribution in [3.8, 4) is 22.3 Å². The molecule has 0 bridgehead atoms. The van der Waals surface area contributed by atoms with Crippen LogP contribution in [0.25, 0.3) is 22.3 Å². The van der Waals surface area contributed by atoms with Gasteiger partial charge in [0.1, 0.15) is 0 Å². The van der Waals surface area contributed by atoms with Gasteiger partial charge in [0, 0.05) is 22.5 Å². The van der Waals surface area contributed by atoms with Gasteiger partial charge in [0.25, 0.3) is 0 Å². The molecule has 1 aliphatic rings. The Morgan fingerprint density at radius 3 is 1.29 bits per heavy atom. The predicted octanol–water partition coefficient (Wildman–Crippen LogP) is 15.5. The van der Waals surface area contributed by atoms with Gasteiger partial charge >= 0.3 is 0 Å². The van der Waals surface area contributed by atoms with Gasteiger partial charge < -0.3 is 4.90 Å². The molecule has 0 amide bonds. The molecule has 0 spiro atoms. The third-order valence-corrected chi connectivity index (χ3v) is 11.5. The Hall–Kier alpha value is -4.10. The summed E-state index contributed by atoms with van der Waals surface area (Å²) in [5.41, 5.74) is 16.3. The summed E-state index contributed by atoms with van der Waals surface area (Å²) in [7, 11) is 0. The highest BCUT2D eigenvalue weighted by atomic mass is 15.1. The van der Waals surface area contributed by atoms with Crippen molar-refractivity contribution in [2.24, 2.45) is 0 Å². The molecule has 1 heteroatoms. The molecule has 0 heterocycles. The van der Waals surface area contributed by atoms with Gasteiger partial charge in [-0.15, -0.1) is 0 Å². The van der Waals surface area contributed by atoms with E-state index in [1.54, 1.807) is 11.1 Å². The minimum atomic E-state index is 0.0931. The van der Waals surface area contributed by atoms with Crippen LogP contribution in [0.1, 0.15) is 132 Å². The zero-order chi connectivity index (χ0) is 35.6. The van der Waals surface area contributed by atoms with Crippen molar-refractivity contribution < 1.29 is 0 Å². The molecule has 266 valence electrons. The zero-order valence-electron chi connectivity index (χ0n) is 32.2. The van der Waals surface area contributed by atoms with Crippen LogP contribution in [0.4, 0.5) is 17.1 Å². The Labute approximate surface area is 310 Å². The molecule has 0 N–H and O–H groups in total. The number of hydrogen-bond donors (Lipinski definition) is 0. The summed E-state index contributed by atoms with van der Waals surface area (Å²) in [6.45, 7) is 11.2. The summed E-state index contributed by atoms with van der Waals surface area (Å²) >= 11 is 0. The predicted molar refractivity (Wildman–Crippen MR) is 223 cm³/mol. The highest BCUT2D eigenvalue weighted by Crippen LogP contribution is 2.55. The van der Waals surface area contributed by atoms with Crippen LogP contribution in [0.15, 0.2) is 109 Å². The number of fused-ring (bicyclic) bond motifs is 3. The van der Waals surface area contributed by atoms with Crippen LogP contribution in [0.5, 0.6) is 0 Å². The van der Waals surface area contributed by atoms with Gasteiger partial charge in [-0.2, -0.15) is 0 Å². The van der Waals surface area contributed by atoms with E-state index in [4.69, 9.17) is 0 Å². The van der Waals surface area contributed by atoms with Crippen molar-refractivity contribution in [1.29, 1.82) is 0 Å². The Balaban J connectivity index is 1.35. The number of nitrogens with zero attached hydrogens (tertiary/aromatic N) is 1. The second kappa shape index (κ2) is 17.4. The largest absolute Gasteiger partial charge is 0.311 e. The van der Waals surface area contributed by atoms with Crippen LogP contribution in [0.2, 0.25) is 0 Å². The van der Waals surface area contributed by atoms with Gasteiger partial charge in [-0.25, -0.2) is 0 Å².